The van der Waals surface area contributed by atoms with Gasteiger partial charge in [-0.1, -0.05) is 50.1 Å². The van der Waals surface area contributed by atoms with Gasteiger partial charge in [-0.25, -0.2) is 4.39 Å². The number of benzene rings is 2. The fourth-order valence-corrected chi connectivity index (χ4v) is 4.32. The summed E-state index contributed by atoms with van der Waals surface area (Å²) < 4.78 is 18.6. The smallest absolute Gasteiger partial charge is 0.253 e. The standard InChI is InChI=1S/C29H38FN3O3/c1-3-4-5-12-28(34)32(17-8-10-24-9-6-7-11-27(24)36-2)21-18-31-19-22-33(23-20-31)29(35)25-13-15-26(30)16-14-25/h6-11,13-16H,3-5,12,17-23H2,1-2H3/b10-8+. The predicted molar refractivity (Wildman–Crippen MR) is 141 cm³/mol. The van der Waals surface area contributed by atoms with Crippen LogP contribution in [0, 0.1) is 5.82 Å². The molecular weight excluding hydrogens is 457 g/mol. The maximum absolute atomic E-state index is 13.2. The van der Waals surface area contributed by atoms with Crippen LogP contribution in [-0.4, -0.2) is 79.4 Å². The van der Waals surface area contributed by atoms with E-state index in [4.69, 9.17) is 4.74 Å². The van der Waals surface area contributed by atoms with Crippen LogP contribution in [0.4, 0.5) is 4.39 Å². The summed E-state index contributed by atoms with van der Waals surface area (Å²) >= 11 is 0. The molecule has 2 aromatic rings. The van der Waals surface area contributed by atoms with Gasteiger partial charge in [0.15, 0.2) is 0 Å². The molecule has 0 aromatic heterocycles. The molecular formula is C29H38FN3O3. The number of hydrogen-bond acceptors (Lipinski definition) is 4. The van der Waals surface area contributed by atoms with Gasteiger partial charge in [-0.15, -0.1) is 0 Å². The van der Waals surface area contributed by atoms with Gasteiger partial charge in [0, 0.05) is 63.4 Å². The molecule has 0 aliphatic carbocycles. The Hall–Kier alpha value is -3.19. The van der Waals surface area contributed by atoms with E-state index >= 15 is 0 Å². The Kier molecular flexibility index (Phi) is 11.0. The number of piperazine rings is 1. The van der Waals surface area contributed by atoms with Crippen molar-refractivity contribution in [1.29, 1.82) is 0 Å². The number of carbonyl (C=O) groups excluding carboxylic acids is 2. The van der Waals surface area contributed by atoms with E-state index in [0.717, 1.165) is 50.2 Å². The number of methoxy groups -OCH3 is 1. The number of hydrogen-bond donors (Lipinski definition) is 0. The van der Waals surface area contributed by atoms with Crippen LogP contribution < -0.4 is 4.74 Å². The summed E-state index contributed by atoms with van der Waals surface area (Å²) in [6.07, 6.45) is 7.64. The number of halogens is 1. The molecule has 0 atom stereocenters. The second-order valence-corrected chi connectivity index (χ2v) is 9.08. The molecule has 194 valence electrons. The Balaban J connectivity index is 1.53. The maximum atomic E-state index is 13.2. The SMILES string of the molecule is CCCCCC(=O)N(C/C=C/c1ccccc1OC)CCN1CCN(C(=O)c2ccc(F)cc2)CC1. The average Bonchev–Trinajstić information content (AvgIpc) is 2.91. The highest BCUT2D eigenvalue weighted by molar-refractivity contribution is 5.94. The quantitative estimate of drug-likeness (QED) is 0.400. The lowest BCUT2D eigenvalue weighted by atomic mass is 10.1. The summed E-state index contributed by atoms with van der Waals surface area (Å²) in [4.78, 5) is 31.7. The van der Waals surface area contributed by atoms with Gasteiger partial charge in [0.1, 0.15) is 11.6 Å². The number of ether oxygens (including phenoxy) is 1. The van der Waals surface area contributed by atoms with Gasteiger partial charge < -0.3 is 14.5 Å². The minimum absolute atomic E-state index is 0.0659. The van der Waals surface area contributed by atoms with Gasteiger partial charge in [-0.05, 0) is 36.8 Å². The third-order valence-electron chi connectivity index (χ3n) is 6.55. The van der Waals surface area contributed by atoms with Crippen molar-refractivity contribution in [3.8, 4) is 5.75 Å². The number of unbranched alkanes of at least 4 members (excludes halogenated alkanes) is 2. The Morgan fingerprint density at radius 2 is 1.75 bits per heavy atom. The number of nitrogens with zero attached hydrogens (tertiary/aromatic N) is 3. The van der Waals surface area contributed by atoms with Crippen molar-refractivity contribution in [2.75, 3.05) is 52.9 Å². The average molecular weight is 496 g/mol. The van der Waals surface area contributed by atoms with Crippen molar-refractivity contribution in [3.05, 3.63) is 71.6 Å². The molecule has 1 aliphatic rings. The summed E-state index contributed by atoms with van der Waals surface area (Å²) in [5.74, 6) is 0.577. The van der Waals surface area contributed by atoms with Crippen molar-refractivity contribution in [2.45, 2.75) is 32.6 Å². The zero-order chi connectivity index (χ0) is 25.8. The zero-order valence-corrected chi connectivity index (χ0v) is 21.5. The highest BCUT2D eigenvalue weighted by Gasteiger charge is 2.23. The summed E-state index contributed by atoms with van der Waals surface area (Å²) in [7, 11) is 1.66. The molecule has 3 rings (SSSR count). The number of amides is 2. The topological polar surface area (TPSA) is 53.1 Å². The second kappa shape index (κ2) is 14.4. The van der Waals surface area contributed by atoms with E-state index in [1.165, 1.54) is 24.3 Å². The molecule has 36 heavy (non-hydrogen) atoms. The predicted octanol–water partition coefficient (Wildman–Crippen LogP) is 4.71. The minimum Gasteiger partial charge on any atom is -0.496 e. The number of rotatable bonds is 12. The van der Waals surface area contributed by atoms with Crippen LogP contribution in [0.5, 0.6) is 5.75 Å². The van der Waals surface area contributed by atoms with E-state index in [1.54, 1.807) is 7.11 Å². The van der Waals surface area contributed by atoms with Gasteiger partial charge >= 0.3 is 0 Å². The Bertz CT molecular complexity index is 1000. The first kappa shape index (κ1) is 27.4. The van der Waals surface area contributed by atoms with Crippen molar-refractivity contribution >= 4 is 17.9 Å². The summed E-state index contributed by atoms with van der Waals surface area (Å²) in [5.41, 5.74) is 1.50. The first-order valence-electron chi connectivity index (χ1n) is 12.9. The molecule has 0 N–H and O–H groups in total. The monoisotopic (exact) mass is 495 g/mol. The van der Waals surface area contributed by atoms with Crippen LogP contribution in [0.15, 0.2) is 54.6 Å². The molecule has 1 saturated heterocycles. The van der Waals surface area contributed by atoms with E-state index in [-0.39, 0.29) is 17.6 Å². The lowest BCUT2D eigenvalue weighted by Crippen LogP contribution is -2.50. The summed E-state index contributed by atoms with van der Waals surface area (Å²) in [6.45, 7) is 6.84. The van der Waals surface area contributed by atoms with E-state index in [9.17, 15) is 14.0 Å². The third kappa shape index (κ3) is 8.19. The van der Waals surface area contributed by atoms with Crippen LogP contribution >= 0.6 is 0 Å². The fourth-order valence-electron chi connectivity index (χ4n) is 4.32. The van der Waals surface area contributed by atoms with Gasteiger partial charge in [0.25, 0.3) is 5.91 Å². The normalized spacial score (nSPS) is 14.2. The number of carbonyl (C=O) groups is 2. The molecule has 2 amide bonds. The van der Waals surface area contributed by atoms with E-state index in [2.05, 4.69) is 11.8 Å². The molecule has 2 aromatic carbocycles. The van der Waals surface area contributed by atoms with Crippen LogP contribution in [0.25, 0.3) is 6.08 Å². The van der Waals surface area contributed by atoms with Crippen molar-refractivity contribution in [1.82, 2.24) is 14.7 Å². The zero-order valence-electron chi connectivity index (χ0n) is 21.5. The first-order valence-corrected chi connectivity index (χ1v) is 12.9. The summed E-state index contributed by atoms with van der Waals surface area (Å²) in [6, 6.07) is 13.5. The van der Waals surface area contributed by atoms with Crippen LogP contribution in [0.1, 0.15) is 48.5 Å². The van der Waals surface area contributed by atoms with E-state index in [1.807, 2.05) is 46.2 Å². The molecule has 1 heterocycles. The molecule has 0 bridgehead atoms. The van der Waals surface area contributed by atoms with Crippen LogP contribution in [-0.2, 0) is 4.79 Å². The fraction of sp³-hybridized carbons (Fsp3) is 0.448. The second-order valence-electron chi connectivity index (χ2n) is 9.08. The van der Waals surface area contributed by atoms with E-state index < -0.39 is 0 Å². The molecule has 0 unspecified atom stereocenters. The van der Waals surface area contributed by atoms with Crippen molar-refractivity contribution in [2.24, 2.45) is 0 Å². The van der Waals surface area contributed by atoms with Gasteiger partial charge in [-0.2, -0.15) is 0 Å². The van der Waals surface area contributed by atoms with Crippen molar-refractivity contribution in [3.63, 3.8) is 0 Å². The Morgan fingerprint density at radius 1 is 1.03 bits per heavy atom. The maximum Gasteiger partial charge on any atom is 0.253 e. The molecule has 0 spiro atoms. The van der Waals surface area contributed by atoms with E-state index in [0.29, 0.717) is 38.2 Å². The molecule has 1 fully saturated rings. The first-order chi connectivity index (χ1) is 17.5. The van der Waals surface area contributed by atoms with Gasteiger partial charge in [-0.3, -0.25) is 14.5 Å². The largest absolute Gasteiger partial charge is 0.496 e. The molecule has 0 saturated carbocycles. The third-order valence-corrected chi connectivity index (χ3v) is 6.55. The Morgan fingerprint density at radius 3 is 2.44 bits per heavy atom. The molecule has 0 radical (unpaired) electrons. The summed E-state index contributed by atoms with van der Waals surface area (Å²) in [5, 5.41) is 0. The molecule has 6 nitrogen and oxygen atoms in total. The highest BCUT2D eigenvalue weighted by atomic mass is 19.1. The van der Waals surface area contributed by atoms with Crippen LogP contribution in [0.3, 0.4) is 0 Å². The highest BCUT2D eigenvalue weighted by Crippen LogP contribution is 2.19. The number of para-hydroxylation sites is 1. The Labute approximate surface area is 214 Å². The van der Waals surface area contributed by atoms with Crippen molar-refractivity contribution < 1.29 is 18.7 Å². The van der Waals surface area contributed by atoms with Gasteiger partial charge in [0.05, 0.1) is 7.11 Å². The lowest BCUT2D eigenvalue weighted by molar-refractivity contribution is -0.131. The minimum atomic E-state index is -0.345. The van der Waals surface area contributed by atoms with Crippen LogP contribution in [0.2, 0.25) is 0 Å². The molecule has 7 heteroatoms. The molecule has 1 aliphatic heterocycles. The lowest BCUT2D eigenvalue weighted by Gasteiger charge is -2.36. The van der Waals surface area contributed by atoms with Gasteiger partial charge in [0.2, 0.25) is 5.91 Å².